The van der Waals surface area contributed by atoms with Crippen molar-refractivity contribution < 1.29 is 23.4 Å². The summed E-state index contributed by atoms with van der Waals surface area (Å²) in [6, 6.07) is 0. The molecule has 16 heavy (non-hydrogen) atoms. The number of hydrogen-bond donors (Lipinski definition) is 2. The van der Waals surface area contributed by atoms with Crippen LogP contribution in [-0.4, -0.2) is 41.7 Å². The number of carbonyl (C=O) groups is 1. The quantitative estimate of drug-likeness (QED) is 0.754. The molecule has 0 saturated carbocycles. The fourth-order valence-electron chi connectivity index (χ4n) is 1.93. The third-order valence-corrected chi connectivity index (χ3v) is 4.88. The summed E-state index contributed by atoms with van der Waals surface area (Å²) in [6.45, 7) is 3.18. The zero-order valence-electron chi connectivity index (χ0n) is 9.56. The number of hydrogen-bond acceptors (Lipinski definition) is 4. The molecular weight excluding hydrogens is 232 g/mol. The molecule has 94 valence electrons. The minimum absolute atomic E-state index is 0.0643. The number of rotatable bonds is 4. The SMILES string of the molecule is CC(C)(O)CCC1(C(=O)O)CCS(=O)(=O)C1. The molecule has 6 heteroatoms. The van der Waals surface area contributed by atoms with Gasteiger partial charge in [-0.3, -0.25) is 4.79 Å². The zero-order valence-corrected chi connectivity index (χ0v) is 10.4. The maximum atomic E-state index is 11.3. The number of sulfone groups is 1. The molecule has 2 N–H and O–H groups in total. The first kappa shape index (κ1) is 13.4. The van der Waals surface area contributed by atoms with Gasteiger partial charge in [0.15, 0.2) is 9.84 Å². The molecule has 0 aromatic rings. The van der Waals surface area contributed by atoms with Gasteiger partial charge >= 0.3 is 5.97 Å². The van der Waals surface area contributed by atoms with Crippen LogP contribution in [0.1, 0.15) is 33.1 Å². The average molecular weight is 250 g/mol. The molecule has 1 atom stereocenters. The lowest BCUT2D eigenvalue weighted by Crippen LogP contribution is -2.34. The number of carboxylic acids is 1. The molecular formula is C10H18O5S. The summed E-state index contributed by atoms with van der Waals surface area (Å²) in [6.07, 6.45) is 0.640. The van der Waals surface area contributed by atoms with Gasteiger partial charge in [0.2, 0.25) is 0 Å². The van der Waals surface area contributed by atoms with Crippen LogP contribution in [-0.2, 0) is 14.6 Å². The lowest BCUT2D eigenvalue weighted by molar-refractivity contribution is -0.148. The molecule has 1 fully saturated rings. The van der Waals surface area contributed by atoms with Gasteiger partial charge in [0.1, 0.15) is 0 Å². The van der Waals surface area contributed by atoms with Crippen LogP contribution in [0.3, 0.4) is 0 Å². The maximum Gasteiger partial charge on any atom is 0.310 e. The van der Waals surface area contributed by atoms with Gasteiger partial charge in [0, 0.05) is 0 Å². The Morgan fingerprint density at radius 3 is 2.31 bits per heavy atom. The van der Waals surface area contributed by atoms with E-state index in [9.17, 15) is 18.3 Å². The van der Waals surface area contributed by atoms with Crippen LogP contribution >= 0.6 is 0 Å². The Hall–Kier alpha value is -0.620. The Labute approximate surface area is 95.4 Å². The van der Waals surface area contributed by atoms with E-state index in [1.807, 2.05) is 0 Å². The topological polar surface area (TPSA) is 91.7 Å². The van der Waals surface area contributed by atoms with E-state index in [4.69, 9.17) is 5.11 Å². The van der Waals surface area contributed by atoms with E-state index in [0.29, 0.717) is 0 Å². The largest absolute Gasteiger partial charge is 0.481 e. The lowest BCUT2D eigenvalue weighted by Gasteiger charge is -2.26. The molecule has 5 nitrogen and oxygen atoms in total. The molecule has 1 heterocycles. The highest BCUT2D eigenvalue weighted by molar-refractivity contribution is 7.91. The molecule has 0 amide bonds. The van der Waals surface area contributed by atoms with E-state index in [2.05, 4.69) is 0 Å². The Morgan fingerprint density at radius 1 is 1.44 bits per heavy atom. The van der Waals surface area contributed by atoms with Crippen LogP contribution in [0.5, 0.6) is 0 Å². The predicted octanol–water partition coefficient (Wildman–Crippen LogP) is 0.427. The molecule has 0 radical (unpaired) electrons. The summed E-state index contributed by atoms with van der Waals surface area (Å²) < 4.78 is 22.7. The van der Waals surface area contributed by atoms with E-state index in [1.54, 1.807) is 13.8 Å². The Balaban J connectivity index is 2.81. The number of aliphatic carboxylic acids is 1. The van der Waals surface area contributed by atoms with E-state index in [0.717, 1.165) is 0 Å². The fraction of sp³-hybridized carbons (Fsp3) is 0.900. The van der Waals surface area contributed by atoms with Gasteiger partial charge in [0.05, 0.1) is 22.5 Å². The van der Waals surface area contributed by atoms with Gasteiger partial charge in [0.25, 0.3) is 0 Å². The molecule has 1 saturated heterocycles. The Morgan fingerprint density at radius 2 is 2.00 bits per heavy atom. The first-order chi connectivity index (χ1) is 7.06. The van der Waals surface area contributed by atoms with Crippen molar-refractivity contribution in [1.29, 1.82) is 0 Å². The number of aliphatic hydroxyl groups is 1. The molecule has 0 aromatic heterocycles. The van der Waals surface area contributed by atoms with Crippen molar-refractivity contribution in [3.8, 4) is 0 Å². The molecule has 0 aliphatic carbocycles. The van der Waals surface area contributed by atoms with E-state index >= 15 is 0 Å². The van der Waals surface area contributed by atoms with Gasteiger partial charge in [-0.1, -0.05) is 0 Å². The average Bonchev–Trinajstić information content (AvgIpc) is 2.38. The monoisotopic (exact) mass is 250 g/mol. The Kier molecular flexibility index (Phi) is 3.36. The smallest absolute Gasteiger partial charge is 0.310 e. The van der Waals surface area contributed by atoms with Gasteiger partial charge in [-0.15, -0.1) is 0 Å². The van der Waals surface area contributed by atoms with Crippen molar-refractivity contribution in [3.05, 3.63) is 0 Å². The summed E-state index contributed by atoms with van der Waals surface area (Å²) in [5, 5.41) is 18.7. The standard InChI is InChI=1S/C10H18O5S/c1-9(2,13)3-4-10(8(11)12)5-6-16(14,15)7-10/h13H,3-7H2,1-2H3,(H,11,12). The normalized spacial score (nSPS) is 29.2. The summed E-state index contributed by atoms with van der Waals surface area (Å²) in [5.41, 5.74) is -2.16. The first-order valence-corrected chi connectivity index (χ1v) is 7.05. The first-order valence-electron chi connectivity index (χ1n) is 5.23. The van der Waals surface area contributed by atoms with Gasteiger partial charge in [-0.05, 0) is 33.1 Å². The molecule has 1 unspecified atom stereocenters. The van der Waals surface area contributed by atoms with E-state index in [1.165, 1.54) is 0 Å². The third kappa shape index (κ3) is 3.18. The highest BCUT2D eigenvalue weighted by Gasteiger charge is 2.48. The van der Waals surface area contributed by atoms with Crippen molar-refractivity contribution in [3.63, 3.8) is 0 Å². The molecule has 0 spiro atoms. The second-order valence-electron chi connectivity index (χ2n) is 5.24. The van der Waals surface area contributed by atoms with Crippen LogP contribution in [0.15, 0.2) is 0 Å². The van der Waals surface area contributed by atoms with Gasteiger partial charge in [-0.2, -0.15) is 0 Å². The third-order valence-electron chi connectivity index (χ3n) is 3.06. The molecule has 0 bridgehead atoms. The maximum absolute atomic E-state index is 11.3. The molecule has 1 aliphatic heterocycles. The van der Waals surface area contributed by atoms with Gasteiger partial charge < -0.3 is 10.2 Å². The lowest BCUT2D eigenvalue weighted by atomic mass is 9.80. The fourth-order valence-corrected chi connectivity index (χ4v) is 4.03. The summed E-state index contributed by atoms with van der Waals surface area (Å²) in [4.78, 5) is 11.2. The molecule has 1 rings (SSSR count). The van der Waals surface area contributed by atoms with Crippen molar-refractivity contribution in [1.82, 2.24) is 0 Å². The van der Waals surface area contributed by atoms with Crippen LogP contribution in [0.4, 0.5) is 0 Å². The number of carboxylic acid groups (broad SMARTS) is 1. The van der Waals surface area contributed by atoms with Crippen LogP contribution in [0, 0.1) is 5.41 Å². The van der Waals surface area contributed by atoms with Crippen molar-refractivity contribution in [2.24, 2.45) is 5.41 Å². The second kappa shape index (κ2) is 4.00. The molecule has 0 aromatic carbocycles. The van der Waals surface area contributed by atoms with Crippen LogP contribution in [0.2, 0.25) is 0 Å². The van der Waals surface area contributed by atoms with E-state index in [-0.39, 0.29) is 30.8 Å². The zero-order chi connectivity index (χ0) is 12.6. The highest BCUT2D eigenvalue weighted by Crippen LogP contribution is 2.38. The van der Waals surface area contributed by atoms with Gasteiger partial charge in [-0.25, -0.2) is 8.42 Å². The highest BCUT2D eigenvalue weighted by atomic mass is 32.2. The summed E-state index contributed by atoms with van der Waals surface area (Å²) >= 11 is 0. The van der Waals surface area contributed by atoms with Crippen molar-refractivity contribution in [2.75, 3.05) is 11.5 Å². The summed E-state index contributed by atoms with van der Waals surface area (Å²) in [5.74, 6) is -1.44. The van der Waals surface area contributed by atoms with Crippen molar-refractivity contribution >= 4 is 15.8 Å². The minimum atomic E-state index is -3.23. The van der Waals surface area contributed by atoms with E-state index < -0.39 is 26.8 Å². The van der Waals surface area contributed by atoms with Crippen molar-refractivity contribution in [2.45, 2.75) is 38.7 Å². The second-order valence-corrected chi connectivity index (χ2v) is 7.42. The van der Waals surface area contributed by atoms with Crippen LogP contribution < -0.4 is 0 Å². The Bertz CT molecular complexity index is 379. The molecule has 1 aliphatic rings. The van der Waals surface area contributed by atoms with Crippen LogP contribution in [0.25, 0.3) is 0 Å². The minimum Gasteiger partial charge on any atom is -0.481 e. The predicted molar refractivity (Wildman–Crippen MR) is 58.9 cm³/mol. The summed E-state index contributed by atoms with van der Waals surface area (Å²) in [7, 11) is -3.23.